The Morgan fingerprint density at radius 3 is 2.14 bits per heavy atom. The number of hydrogen-bond acceptors (Lipinski definition) is 4. The maximum Gasteiger partial charge on any atom is 0.203 e. The molecule has 0 aliphatic carbocycles. The number of hydrogen-bond donors (Lipinski definition) is 2. The second-order valence-corrected chi connectivity index (χ2v) is 6.40. The smallest absolute Gasteiger partial charge is 0.203 e. The van der Waals surface area contributed by atoms with Crippen molar-refractivity contribution in [2.75, 3.05) is 28.4 Å². The lowest BCUT2D eigenvalue weighted by Gasteiger charge is -2.16. The second-order valence-electron chi connectivity index (χ2n) is 5.55. The zero-order valence-corrected chi connectivity index (χ0v) is 20.1. The maximum absolute atomic E-state index is 13.4. The molecule has 2 aromatic rings. The topological polar surface area (TPSA) is 64.1 Å². The lowest BCUT2D eigenvalue weighted by atomic mass is 10.2. The molecule has 0 heterocycles. The highest BCUT2D eigenvalue weighted by molar-refractivity contribution is 14.0. The van der Waals surface area contributed by atoms with Gasteiger partial charge < -0.3 is 24.8 Å². The first-order valence-electron chi connectivity index (χ1n) is 8.19. The van der Waals surface area contributed by atoms with Crippen LogP contribution in [0.1, 0.15) is 11.1 Å². The zero-order valence-electron chi connectivity index (χ0n) is 16.1. The van der Waals surface area contributed by atoms with E-state index in [0.717, 1.165) is 15.6 Å². The first-order chi connectivity index (χ1) is 13.0. The fraction of sp³-hybridized carbons (Fsp3) is 0.316. The molecule has 9 heteroatoms. The predicted molar refractivity (Wildman–Crippen MR) is 123 cm³/mol. The number of methoxy groups -OCH3 is 3. The van der Waals surface area contributed by atoms with Crippen molar-refractivity contribution in [3.8, 4) is 17.2 Å². The minimum atomic E-state index is -0.282. The van der Waals surface area contributed by atoms with Gasteiger partial charge in [0.15, 0.2) is 17.5 Å². The molecular formula is C19H24BrFIN3O3. The van der Waals surface area contributed by atoms with E-state index in [2.05, 4.69) is 31.6 Å². The van der Waals surface area contributed by atoms with Crippen LogP contribution in [0.15, 0.2) is 39.8 Å². The molecule has 0 amide bonds. The van der Waals surface area contributed by atoms with E-state index < -0.39 is 0 Å². The van der Waals surface area contributed by atoms with Crippen molar-refractivity contribution in [1.29, 1.82) is 0 Å². The molecule has 0 saturated carbocycles. The highest BCUT2D eigenvalue weighted by Gasteiger charge is 2.13. The second kappa shape index (κ2) is 11.9. The van der Waals surface area contributed by atoms with Crippen LogP contribution in [0.2, 0.25) is 0 Å². The molecule has 0 bridgehead atoms. The first kappa shape index (κ1) is 24.3. The van der Waals surface area contributed by atoms with Gasteiger partial charge in [-0.1, -0.05) is 15.9 Å². The normalized spacial score (nSPS) is 10.7. The molecule has 0 radical (unpaired) electrons. The third-order valence-electron chi connectivity index (χ3n) is 3.86. The lowest BCUT2D eigenvalue weighted by Crippen LogP contribution is -2.36. The van der Waals surface area contributed by atoms with Crippen molar-refractivity contribution in [2.24, 2.45) is 4.99 Å². The van der Waals surface area contributed by atoms with E-state index in [1.165, 1.54) is 12.1 Å². The molecule has 0 atom stereocenters. The Bertz CT molecular complexity index is 796. The molecule has 0 aromatic heterocycles. The van der Waals surface area contributed by atoms with Gasteiger partial charge in [0.1, 0.15) is 5.82 Å². The maximum atomic E-state index is 13.4. The fourth-order valence-corrected chi connectivity index (χ4v) is 2.89. The van der Waals surface area contributed by atoms with Gasteiger partial charge in [-0.3, -0.25) is 4.99 Å². The summed E-state index contributed by atoms with van der Waals surface area (Å²) < 4.78 is 30.3. The predicted octanol–water partition coefficient (Wildman–Crippen LogP) is 4.10. The molecule has 6 nitrogen and oxygen atoms in total. The molecule has 0 saturated heterocycles. The standard InChI is InChI=1S/C19H23BrFN3O3.HI/c1-22-19(24-11-13-9-14(21)5-6-15(13)20)23-10-12-7-16(25-2)18(27-4)17(8-12)26-3;/h5-9H,10-11H2,1-4H3,(H2,22,23,24);1H. The summed E-state index contributed by atoms with van der Waals surface area (Å²) in [7, 11) is 6.39. The third-order valence-corrected chi connectivity index (χ3v) is 4.64. The summed E-state index contributed by atoms with van der Waals surface area (Å²) in [6.07, 6.45) is 0. The SMILES string of the molecule is CN=C(NCc1cc(OC)c(OC)c(OC)c1)NCc1cc(F)ccc1Br.I. The molecule has 2 aromatic carbocycles. The van der Waals surface area contributed by atoms with Crippen LogP contribution in [-0.2, 0) is 13.1 Å². The van der Waals surface area contributed by atoms with Gasteiger partial charge in [-0.25, -0.2) is 4.39 Å². The third kappa shape index (κ3) is 6.40. The number of nitrogens with zero attached hydrogens (tertiary/aromatic N) is 1. The number of halogens is 3. The van der Waals surface area contributed by atoms with Crippen LogP contribution in [0, 0.1) is 5.82 Å². The number of rotatable bonds is 7. The molecule has 0 aliphatic heterocycles. The van der Waals surface area contributed by atoms with Crippen LogP contribution in [0.5, 0.6) is 17.2 Å². The number of aliphatic imine (C=N–C) groups is 1. The van der Waals surface area contributed by atoms with E-state index in [1.807, 2.05) is 12.1 Å². The van der Waals surface area contributed by atoms with Crippen molar-refractivity contribution in [3.05, 3.63) is 51.7 Å². The van der Waals surface area contributed by atoms with E-state index in [4.69, 9.17) is 14.2 Å². The number of benzene rings is 2. The summed E-state index contributed by atoms with van der Waals surface area (Å²) in [5, 5.41) is 6.37. The van der Waals surface area contributed by atoms with E-state index in [0.29, 0.717) is 36.3 Å². The Kier molecular flexibility index (Phi) is 10.4. The van der Waals surface area contributed by atoms with Crippen LogP contribution in [0.4, 0.5) is 4.39 Å². The van der Waals surface area contributed by atoms with E-state index in [1.54, 1.807) is 34.4 Å². The van der Waals surface area contributed by atoms with Crippen LogP contribution in [0.25, 0.3) is 0 Å². The van der Waals surface area contributed by atoms with E-state index in [9.17, 15) is 4.39 Å². The molecule has 2 N–H and O–H groups in total. The molecule has 154 valence electrons. The van der Waals surface area contributed by atoms with Gasteiger partial charge in [0, 0.05) is 24.6 Å². The van der Waals surface area contributed by atoms with Gasteiger partial charge in [0.2, 0.25) is 5.75 Å². The monoisotopic (exact) mass is 567 g/mol. The average molecular weight is 568 g/mol. The molecule has 0 aliphatic rings. The molecule has 0 spiro atoms. The number of nitrogens with one attached hydrogen (secondary N) is 2. The first-order valence-corrected chi connectivity index (χ1v) is 8.99. The zero-order chi connectivity index (χ0) is 19.8. The molecule has 2 rings (SSSR count). The lowest BCUT2D eigenvalue weighted by molar-refractivity contribution is 0.323. The van der Waals surface area contributed by atoms with Crippen molar-refractivity contribution < 1.29 is 18.6 Å². The van der Waals surface area contributed by atoms with Gasteiger partial charge in [-0.05, 0) is 41.5 Å². The Morgan fingerprint density at radius 2 is 1.61 bits per heavy atom. The molecule has 0 fully saturated rings. The summed E-state index contributed by atoms with van der Waals surface area (Å²) >= 11 is 3.42. The highest BCUT2D eigenvalue weighted by Crippen LogP contribution is 2.38. The molecule has 28 heavy (non-hydrogen) atoms. The summed E-state index contributed by atoms with van der Waals surface area (Å²) in [4.78, 5) is 4.19. The van der Waals surface area contributed by atoms with Gasteiger partial charge in [0.25, 0.3) is 0 Å². The van der Waals surface area contributed by atoms with E-state index in [-0.39, 0.29) is 29.8 Å². The molecule has 0 unspecified atom stereocenters. The van der Waals surface area contributed by atoms with Crippen molar-refractivity contribution >= 4 is 45.9 Å². The van der Waals surface area contributed by atoms with Gasteiger partial charge in [-0.15, -0.1) is 24.0 Å². The van der Waals surface area contributed by atoms with Crippen LogP contribution < -0.4 is 24.8 Å². The summed E-state index contributed by atoms with van der Waals surface area (Å²) in [5.41, 5.74) is 1.73. The Morgan fingerprint density at radius 1 is 1.00 bits per heavy atom. The Labute approximate surface area is 190 Å². The summed E-state index contributed by atoms with van der Waals surface area (Å²) in [6.45, 7) is 0.911. The summed E-state index contributed by atoms with van der Waals surface area (Å²) in [5.74, 6) is 2.01. The quantitative estimate of drug-likeness (QED) is 0.300. The molecular weight excluding hydrogens is 544 g/mol. The minimum Gasteiger partial charge on any atom is -0.493 e. The number of guanidine groups is 1. The van der Waals surface area contributed by atoms with E-state index >= 15 is 0 Å². The fourth-order valence-electron chi connectivity index (χ4n) is 2.50. The highest BCUT2D eigenvalue weighted by atomic mass is 127. The average Bonchev–Trinajstić information content (AvgIpc) is 2.69. The van der Waals surface area contributed by atoms with Crippen LogP contribution in [0.3, 0.4) is 0 Å². The minimum absolute atomic E-state index is 0. The van der Waals surface area contributed by atoms with Crippen LogP contribution >= 0.6 is 39.9 Å². The van der Waals surface area contributed by atoms with Gasteiger partial charge in [0.05, 0.1) is 21.3 Å². The van der Waals surface area contributed by atoms with Gasteiger partial charge in [-0.2, -0.15) is 0 Å². The number of ether oxygens (including phenoxy) is 3. The Hall–Kier alpha value is -1.75. The van der Waals surface area contributed by atoms with Gasteiger partial charge >= 0.3 is 0 Å². The van der Waals surface area contributed by atoms with Crippen molar-refractivity contribution in [1.82, 2.24) is 10.6 Å². The Balaban J connectivity index is 0.00000392. The largest absolute Gasteiger partial charge is 0.493 e. The van der Waals surface area contributed by atoms with Crippen LogP contribution in [-0.4, -0.2) is 34.3 Å². The summed E-state index contributed by atoms with van der Waals surface area (Å²) in [6, 6.07) is 8.29. The van der Waals surface area contributed by atoms with Crippen molar-refractivity contribution in [2.45, 2.75) is 13.1 Å². The van der Waals surface area contributed by atoms with Crippen molar-refractivity contribution in [3.63, 3.8) is 0 Å².